The number of nitrogens with one attached hydrogen (secondary N) is 1. The number of carboxylic acids is 1. The zero-order valence-electron chi connectivity index (χ0n) is 12.8. The van der Waals surface area contributed by atoms with Gasteiger partial charge >= 0.3 is 5.97 Å². The first-order valence-electron chi connectivity index (χ1n) is 7.23. The second-order valence-electron chi connectivity index (χ2n) is 6.15. The van der Waals surface area contributed by atoms with Gasteiger partial charge in [-0.3, -0.25) is 4.79 Å². The van der Waals surface area contributed by atoms with Crippen molar-refractivity contribution in [3.05, 3.63) is 0 Å². The molecule has 1 heterocycles. The third kappa shape index (κ3) is 5.09. The molecule has 1 aliphatic rings. The van der Waals surface area contributed by atoms with Crippen molar-refractivity contribution >= 4 is 5.97 Å². The number of carboxylic acid groups (broad SMARTS) is 1. The number of carbonyl (C=O) groups is 1. The Bertz CT molecular complexity index is 288. The Morgan fingerprint density at radius 2 is 2.00 bits per heavy atom. The van der Waals surface area contributed by atoms with Crippen LogP contribution in [-0.2, 0) is 4.79 Å². The van der Waals surface area contributed by atoms with Crippen LogP contribution in [0, 0.1) is 5.92 Å². The molecule has 0 aromatic heterocycles. The Balaban J connectivity index is 2.45. The quantitative estimate of drug-likeness (QED) is 0.714. The number of likely N-dealkylation sites (tertiary alicyclic amines) is 1. The van der Waals surface area contributed by atoms with Crippen LogP contribution in [0.4, 0.5) is 0 Å². The second kappa shape index (κ2) is 7.22. The van der Waals surface area contributed by atoms with Crippen LogP contribution in [0.25, 0.3) is 0 Å². The van der Waals surface area contributed by atoms with Gasteiger partial charge in [0.25, 0.3) is 0 Å². The van der Waals surface area contributed by atoms with E-state index in [0.29, 0.717) is 13.1 Å². The summed E-state index contributed by atoms with van der Waals surface area (Å²) in [6, 6.07) is 0. The number of aliphatic carboxylic acids is 1. The largest absolute Gasteiger partial charge is 0.480 e. The van der Waals surface area contributed by atoms with E-state index in [1.807, 2.05) is 6.92 Å². The number of hydrogen-bond acceptors (Lipinski definition) is 4. The molecule has 112 valence electrons. The van der Waals surface area contributed by atoms with Gasteiger partial charge in [0.2, 0.25) is 0 Å². The highest BCUT2D eigenvalue weighted by atomic mass is 16.4. The van der Waals surface area contributed by atoms with Crippen LogP contribution < -0.4 is 5.32 Å². The van der Waals surface area contributed by atoms with Gasteiger partial charge in [-0.05, 0) is 59.4 Å². The van der Waals surface area contributed by atoms with E-state index in [1.54, 1.807) is 6.92 Å². The van der Waals surface area contributed by atoms with E-state index in [2.05, 4.69) is 29.2 Å². The molecule has 0 saturated carbocycles. The Morgan fingerprint density at radius 3 is 2.42 bits per heavy atom. The molecule has 0 bridgehead atoms. The number of nitrogens with zero attached hydrogens (tertiary/aromatic N) is 2. The Morgan fingerprint density at radius 1 is 1.42 bits per heavy atom. The van der Waals surface area contributed by atoms with Crippen LogP contribution in [0.15, 0.2) is 0 Å². The molecule has 2 N–H and O–H groups in total. The van der Waals surface area contributed by atoms with E-state index < -0.39 is 11.5 Å². The highest BCUT2D eigenvalue weighted by molar-refractivity contribution is 5.78. The van der Waals surface area contributed by atoms with Gasteiger partial charge in [-0.2, -0.15) is 0 Å². The number of piperidine rings is 1. The average Bonchev–Trinajstić information content (AvgIpc) is 2.31. The van der Waals surface area contributed by atoms with Crippen LogP contribution in [0.2, 0.25) is 0 Å². The van der Waals surface area contributed by atoms with E-state index in [-0.39, 0.29) is 0 Å². The maximum atomic E-state index is 11.4. The molecule has 1 saturated heterocycles. The maximum absolute atomic E-state index is 11.4. The van der Waals surface area contributed by atoms with E-state index in [9.17, 15) is 9.90 Å². The topological polar surface area (TPSA) is 55.8 Å². The van der Waals surface area contributed by atoms with Crippen LogP contribution in [0.3, 0.4) is 0 Å². The summed E-state index contributed by atoms with van der Waals surface area (Å²) in [4.78, 5) is 15.9. The molecule has 1 rings (SSSR count). The first-order valence-corrected chi connectivity index (χ1v) is 7.23. The van der Waals surface area contributed by atoms with Crippen molar-refractivity contribution in [2.75, 3.05) is 46.8 Å². The summed E-state index contributed by atoms with van der Waals surface area (Å²) in [5.41, 5.74) is -0.830. The third-order valence-electron chi connectivity index (χ3n) is 3.91. The molecule has 1 fully saturated rings. The summed E-state index contributed by atoms with van der Waals surface area (Å²) in [6.07, 6.45) is 2.33. The Labute approximate surface area is 117 Å². The average molecular weight is 271 g/mol. The first kappa shape index (κ1) is 16.4. The molecular formula is C14H29N3O2. The van der Waals surface area contributed by atoms with Crippen LogP contribution in [-0.4, -0.2) is 73.2 Å². The number of likely N-dealkylation sites (N-methyl/N-ethyl adjacent to an activating group) is 1. The van der Waals surface area contributed by atoms with Gasteiger partial charge in [0, 0.05) is 13.1 Å². The van der Waals surface area contributed by atoms with Gasteiger partial charge in [0.05, 0.1) is 0 Å². The summed E-state index contributed by atoms with van der Waals surface area (Å²) < 4.78 is 0. The molecule has 5 nitrogen and oxygen atoms in total. The lowest BCUT2D eigenvalue weighted by Crippen LogP contribution is -2.58. The van der Waals surface area contributed by atoms with Gasteiger partial charge in [-0.1, -0.05) is 6.92 Å². The van der Waals surface area contributed by atoms with Crippen LogP contribution in [0.5, 0.6) is 0 Å². The zero-order valence-corrected chi connectivity index (χ0v) is 12.8. The van der Waals surface area contributed by atoms with Crippen molar-refractivity contribution < 1.29 is 9.90 Å². The summed E-state index contributed by atoms with van der Waals surface area (Å²) in [5.74, 6) is -0.00812. The van der Waals surface area contributed by atoms with Crippen LogP contribution in [0.1, 0.15) is 26.7 Å². The minimum atomic E-state index is -0.830. The van der Waals surface area contributed by atoms with E-state index in [4.69, 9.17) is 0 Å². The minimum absolute atomic E-state index is 0.588. The second-order valence-corrected chi connectivity index (χ2v) is 6.15. The minimum Gasteiger partial charge on any atom is -0.480 e. The summed E-state index contributed by atoms with van der Waals surface area (Å²) in [6.45, 7) is 8.15. The number of rotatable bonds is 7. The molecule has 19 heavy (non-hydrogen) atoms. The van der Waals surface area contributed by atoms with Gasteiger partial charge in [0.15, 0.2) is 0 Å². The van der Waals surface area contributed by atoms with Crippen molar-refractivity contribution in [2.24, 2.45) is 5.92 Å². The normalized spacial score (nSPS) is 21.5. The molecule has 0 spiro atoms. The third-order valence-corrected chi connectivity index (χ3v) is 3.91. The first-order chi connectivity index (χ1) is 8.87. The molecule has 1 atom stereocenters. The van der Waals surface area contributed by atoms with Gasteiger partial charge < -0.3 is 20.2 Å². The summed E-state index contributed by atoms with van der Waals surface area (Å²) in [7, 11) is 4.22. The number of hydrogen-bond donors (Lipinski definition) is 2. The molecule has 0 amide bonds. The van der Waals surface area contributed by atoms with Crippen molar-refractivity contribution in [3.63, 3.8) is 0 Å². The van der Waals surface area contributed by atoms with E-state index in [1.165, 1.54) is 12.8 Å². The van der Waals surface area contributed by atoms with Crippen molar-refractivity contribution in [1.82, 2.24) is 15.1 Å². The monoisotopic (exact) mass is 271 g/mol. The van der Waals surface area contributed by atoms with Crippen molar-refractivity contribution in [1.29, 1.82) is 0 Å². The Kier molecular flexibility index (Phi) is 6.23. The standard InChI is InChI=1S/C14H29N3O2/c1-5-15-14(2,13(18)19)11-17-8-6-12(7-9-17)10-16(3)4/h12,15H,5-11H2,1-4H3,(H,18,19). The molecule has 5 heteroatoms. The fraction of sp³-hybridized carbons (Fsp3) is 0.929. The predicted octanol–water partition coefficient (Wildman–Crippen LogP) is 0.713. The molecule has 0 aliphatic carbocycles. The van der Waals surface area contributed by atoms with E-state index >= 15 is 0 Å². The van der Waals surface area contributed by atoms with Gasteiger partial charge in [-0.15, -0.1) is 0 Å². The van der Waals surface area contributed by atoms with Crippen LogP contribution >= 0.6 is 0 Å². The predicted molar refractivity (Wildman–Crippen MR) is 77.4 cm³/mol. The summed E-state index contributed by atoms with van der Waals surface area (Å²) >= 11 is 0. The SMILES string of the molecule is CCNC(C)(CN1CCC(CN(C)C)CC1)C(=O)O. The molecule has 0 radical (unpaired) electrons. The zero-order chi connectivity index (χ0) is 14.5. The fourth-order valence-electron chi connectivity index (χ4n) is 2.88. The molecule has 1 aliphatic heterocycles. The highest BCUT2D eigenvalue weighted by Crippen LogP contribution is 2.19. The van der Waals surface area contributed by atoms with E-state index in [0.717, 1.165) is 25.6 Å². The molecule has 0 aromatic rings. The fourth-order valence-corrected chi connectivity index (χ4v) is 2.88. The van der Waals surface area contributed by atoms with Gasteiger partial charge in [0.1, 0.15) is 5.54 Å². The Hall–Kier alpha value is -0.650. The van der Waals surface area contributed by atoms with Crippen molar-refractivity contribution in [2.45, 2.75) is 32.2 Å². The lowest BCUT2D eigenvalue weighted by molar-refractivity contribution is -0.145. The lowest BCUT2D eigenvalue weighted by Gasteiger charge is -2.38. The summed E-state index contributed by atoms with van der Waals surface area (Å²) in [5, 5.41) is 12.5. The highest BCUT2D eigenvalue weighted by Gasteiger charge is 2.35. The molecule has 1 unspecified atom stereocenters. The maximum Gasteiger partial charge on any atom is 0.324 e. The van der Waals surface area contributed by atoms with Gasteiger partial charge in [-0.25, -0.2) is 0 Å². The lowest BCUT2D eigenvalue weighted by atomic mass is 9.94. The van der Waals surface area contributed by atoms with Crippen molar-refractivity contribution in [3.8, 4) is 0 Å². The molecule has 0 aromatic carbocycles. The molecular weight excluding hydrogens is 242 g/mol. The smallest absolute Gasteiger partial charge is 0.324 e.